The van der Waals surface area contributed by atoms with E-state index in [1.807, 2.05) is 0 Å². The summed E-state index contributed by atoms with van der Waals surface area (Å²) >= 11 is 0. The van der Waals surface area contributed by atoms with E-state index in [1.54, 1.807) is 0 Å². The van der Waals surface area contributed by atoms with Crippen molar-refractivity contribution in [3.8, 4) is 39.1 Å². The lowest BCUT2D eigenvalue weighted by molar-refractivity contribution is 0.768. The van der Waals surface area contributed by atoms with E-state index in [9.17, 15) is 0 Å². The molecule has 11 aromatic rings. The third-order valence-corrected chi connectivity index (χ3v) is 13.1. The molecule has 0 saturated carbocycles. The van der Waals surface area contributed by atoms with E-state index >= 15 is 0 Å². The Hall–Kier alpha value is -8.20. The Morgan fingerprint density at radius 1 is 0.302 bits per heavy atom. The van der Waals surface area contributed by atoms with Gasteiger partial charge in [-0.1, -0.05) is 194 Å². The summed E-state index contributed by atoms with van der Waals surface area (Å²) in [6.45, 7) is 0. The fraction of sp³-hybridized carbons (Fsp3) is 0.0164. The first kappa shape index (κ1) is 36.6. The molecule has 296 valence electrons. The Morgan fingerprint density at radius 3 is 1.29 bits per heavy atom. The van der Waals surface area contributed by atoms with Crippen LogP contribution < -0.4 is 4.90 Å². The van der Waals surface area contributed by atoms with Gasteiger partial charge in [-0.05, 0) is 116 Å². The van der Waals surface area contributed by atoms with E-state index in [1.165, 1.54) is 77.4 Å². The molecule has 0 spiro atoms. The molecule has 0 unspecified atom stereocenters. The summed E-state index contributed by atoms with van der Waals surface area (Å²) in [6.07, 6.45) is 0. The number of hydrogen-bond acceptors (Lipinski definition) is 1. The molecule has 1 aliphatic rings. The van der Waals surface area contributed by atoms with E-state index in [-0.39, 0.29) is 0 Å². The largest absolute Gasteiger partial charge is 0.311 e. The molecule has 10 aromatic carbocycles. The smallest absolute Gasteiger partial charge is 0.0713 e. The minimum Gasteiger partial charge on any atom is -0.311 e. The van der Waals surface area contributed by atoms with Gasteiger partial charge in [0.1, 0.15) is 0 Å². The lowest BCUT2D eigenvalue weighted by Gasteiger charge is -2.34. The fourth-order valence-corrected chi connectivity index (χ4v) is 10.3. The highest BCUT2D eigenvalue weighted by Gasteiger charge is 2.45. The Morgan fingerprint density at radius 2 is 0.714 bits per heavy atom. The normalized spacial score (nSPS) is 12.6. The summed E-state index contributed by atoms with van der Waals surface area (Å²) in [6, 6.07) is 93.1. The lowest BCUT2D eigenvalue weighted by Crippen LogP contribution is -2.28. The quantitative estimate of drug-likeness (QED) is 0.149. The maximum absolute atomic E-state index is 2.39. The number of hydrogen-bond donors (Lipinski definition) is 0. The van der Waals surface area contributed by atoms with Gasteiger partial charge in [0.25, 0.3) is 0 Å². The molecule has 0 aliphatic heterocycles. The number of rotatable bonds is 8. The average Bonchev–Trinajstić information content (AvgIpc) is 3.86. The van der Waals surface area contributed by atoms with Gasteiger partial charge in [0, 0.05) is 33.5 Å². The molecule has 0 atom stereocenters. The number of benzene rings is 10. The summed E-state index contributed by atoms with van der Waals surface area (Å²) in [7, 11) is 0. The summed E-state index contributed by atoms with van der Waals surface area (Å²) < 4.78 is 2.39. The van der Waals surface area contributed by atoms with Crippen LogP contribution in [0.2, 0.25) is 0 Å². The molecular formula is C61H42N2. The standard InChI is InChI=1S/C61H42N2/c1-3-16-43(17-4-1)44-30-36-49(37-31-44)62(50-38-32-45(33-39-50)46-18-15-21-52(42-46)63-59-28-13-9-24-55(59)56-25-10-14-29-60(56)63)51-40-34-48(35-41-51)61(47-19-5-2-6-20-47)57-26-11-7-22-53(57)54-23-8-12-27-58(54)61/h1-42H. The second-order valence-electron chi connectivity index (χ2n) is 16.5. The molecule has 0 bridgehead atoms. The molecule has 0 N–H and O–H groups in total. The molecule has 0 saturated heterocycles. The molecule has 1 aromatic heterocycles. The van der Waals surface area contributed by atoms with Crippen molar-refractivity contribution < 1.29 is 0 Å². The molecule has 1 aliphatic carbocycles. The number of para-hydroxylation sites is 2. The number of aromatic nitrogens is 1. The summed E-state index contributed by atoms with van der Waals surface area (Å²) in [5.74, 6) is 0. The highest BCUT2D eigenvalue weighted by Crippen LogP contribution is 2.56. The number of fused-ring (bicyclic) bond motifs is 6. The van der Waals surface area contributed by atoms with Crippen LogP contribution in [0, 0.1) is 0 Å². The summed E-state index contributed by atoms with van der Waals surface area (Å²) in [4.78, 5) is 2.38. The maximum atomic E-state index is 2.39. The topological polar surface area (TPSA) is 8.17 Å². The predicted octanol–water partition coefficient (Wildman–Crippen LogP) is 16.0. The van der Waals surface area contributed by atoms with Gasteiger partial charge in [0.05, 0.1) is 16.4 Å². The summed E-state index contributed by atoms with van der Waals surface area (Å²) in [5, 5.41) is 2.53. The molecule has 2 heteroatoms. The van der Waals surface area contributed by atoms with Crippen molar-refractivity contribution in [3.63, 3.8) is 0 Å². The van der Waals surface area contributed by atoms with Crippen molar-refractivity contribution in [3.05, 3.63) is 277 Å². The first-order chi connectivity index (χ1) is 31.3. The van der Waals surface area contributed by atoms with Crippen LogP contribution in [0.15, 0.2) is 255 Å². The minimum absolute atomic E-state index is 0.454. The molecule has 63 heavy (non-hydrogen) atoms. The zero-order chi connectivity index (χ0) is 41.7. The fourth-order valence-electron chi connectivity index (χ4n) is 10.3. The highest BCUT2D eigenvalue weighted by molar-refractivity contribution is 6.09. The molecule has 0 fully saturated rings. The van der Waals surface area contributed by atoms with Gasteiger partial charge in [-0.25, -0.2) is 0 Å². The molecule has 2 nitrogen and oxygen atoms in total. The second-order valence-corrected chi connectivity index (χ2v) is 16.5. The predicted molar refractivity (Wildman–Crippen MR) is 264 cm³/mol. The van der Waals surface area contributed by atoms with Crippen molar-refractivity contribution in [2.45, 2.75) is 5.41 Å². The SMILES string of the molecule is c1ccc(-c2ccc(N(c3ccc(-c4cccc(-n5c6ccccc6c6ccccc65)c4)cc3)c3ccc(C4(c5ccccc5)c5ccccc5-c5ccccc54)cc3)cc2)cc1. The van der Waals surface area contributed by atoms with Crippen molar-refractivity contribution in [2.75, 3.05) is 4.90 Å². The van der Waals surface area contributed by atoms with E-state index in [0.29, 0.717) is 0 Å². The van der Waals surface area contributed by atoms with Gasteiger partial charge >= 0.3 is 0 Å². The van der Waals surface area contributed by atoms with Gasteiger partial charge in [0.15, 0.2) is 0 Å². The van der Waals surface area contributed by atoms with E-state index in [4.69, 9.17) is 0 Å². The van der Waals surface area contributed by atoms with Crippen LogP contribution in [0.5, 0.6) is 0 Å². The summed E-state index contributed by atoms with van der Waals surface area (Å²) in [5.41, 5.74) is 18.9. The monoisotopic (exact) mass is 802 g/mol. The second kappa shape index (κ2) is 15.1. The van der Waals surface area contributed by atoms with Crippen LogP contribution in [0.25, 0.3) is 60.9 Å². The zero-order valence-corrected chi connectivity index (χ0v) is 34.6. The van der Waals surface area contributed by atoms with Crippen molar-refractivity contribution in [1.82, 2.24) is 4.57 Å². The van der Waals surface area contributed by atoms with Crippen LogP contribution in [0.3, 0.4) is 0 Å². The average molecular weight is 803 g/mol. The zero-order valence-electron chi connectivity index (χ0n) is 34.6. The minimum atomic E-state index is -0.454. The third kappa shape index (κ3) is 5.95. The molecule has 0 radical (unpaired) electrons. The van der Waals surface area contributed by atoms with Crippen LogP contribution in [-0.2, 0) is 5.41 Å². The molecule has 12 rings (SSSR count). The van der Waals surface area contributed by atoms with Crippen molar-refractivity contribution >= 4 is 38.9 Å². The van der Waals surface area contributed by atoms with Crippen LogP contribution in [0.4, 0.5) is 17.1 Å². The van der Waals surface area contributed by atoms with Gasteiger partial charge in [-0.15, -0.1) is 0 Å². The highest BCUT2D eigenvalue weighted by atomic mass is 15.1. The first-order valence-corrected chi connectivity index (χ1v) is 21.8. The van der Waals surface area contributed by atoms with E-state index in [2.05, 4.69) is 264 Å². The van der Waals surface area contributed by atoms with Gasteiger partial charge < -0.3 is 9.47 Å². The first-order valence-electron chi connectivity index (χ1n) is 21.8. The number of nitrogens with zero attached hydrogens (tertiary/aromatic N) is 2. The van der Waals surface area contributed by atoms with Gasteiger partial charge in [-0.2, -0.15) is 0 Å². The van der Waals surface area contributed by atoms with Gasteiger partial charge in [-0.3, -0.25) is 0 Å². The van der Waals surface area contributed by atoms with Crippen LogP contribution in [-0.4, -0.2) is 4.57 Å². The van der Waals surface area contributed by atoms with Gasteiger partial charge in [0.2, 0.25) is 0 Å². The Balaban J connectivity index is 0.961. The van der Waals surface area contributed by atoms with E-state index < -0.39 is 5.41 Å². The Bertz CT molecular complexity index is 3320. The molecule has 1 heterocycles. The number of anilines is 3. The van der Waals surface area contributed by atoms with E-state index in [0.717, 1.165) is 22.7 Å². The lowest BCUT2D eigenvalue weighted by atomic mass is 9.68. The van der Waals surface area contributed by atoms with Crippen LogP contribution in [0.1, 0.15) is 22.3 Å². The molecule has 0 amide bonds. The Kier molecular flexibility index (Phi) is 8.76. The Labute approximate surface area is 368 Å². The third-order valence-electron chi connectivity index (χ3n) is 13.1. The van der Waals surface area contributed by atoms with Crippen LogP contribution >= 0.6 is 0 Å². The van der Waals surface area contributed by atoms with Crippen molar-refractivity contribution in [1.29, 1.82) is 0 Å². The maximum Gasteiger partial charge on any atom is 0.0713 e. The molecular weight excluding hydrogens is 761 g/mol. The van der Waals surface area contributed by atoms with Crippen molar-refractivity contribution in [2.24, 2.45) is 0 Å².